The predicted molar refractivity (Wildman–Crippen MR) is 48.4 cm³/mol. The van der Waals surface area contributed by atoms with Gasteiger partial charge in [0.15, 0.2) is 0 Å². The average Bonchev–Trinajstić information content (AvgIpc) is 2.04. The Hall–Kier alpha value is -0.0800. The third-order valence-corrected chi connectivity index (χ3v) is 1.28. The summed E-state index contributed by atoms with van der Waals surface area (Å²) in [6.45, 7) is 9.54. The molecule has 0 saturated heterocycles. The van der Waals surface area contributed by atoms with Gasteiger partial charge in [0.05, 0.1) is 0 Å². The van der Waals surface area contributed by atoms with Gasteiger partial charge < -0.3 is 10.2 Å². The molecule has 0 fully saturated rings. The van der Waals surface area contributed by atoms with Crippen molar-refractivity contribution in [3.63, 3.8) is 0 Å². The number of likely N-dealkylation sites (N-methyl/N-ethyl adjacent to an activating group) is 2. The van der Waals surface area contributed by atoms with Crippen LogP contribution in [0.25, 0.3) is 0 Å². The van der Waals surface area contributed by atoms with Crippen molar-refractivity contribution in [3.8, 4) is 0 Å². The zero-order chi connectivity index (χ0) is 8.41. The summed E-state index contributed by atoms with van der Waals surface area (Å²) in [5, 5.41) is 3.09. The van der Waals surface area contributed by atoms with Crippen molar-refractivity contribution in [1.29, 1.82) is 0 Å². The summed E-state index contributed by atoms with van der Waals surface area (Å²) in [4.78, 5) is 2.27. The summed E-state index contributed by atoms with van der Waals surface area (Å²) in [5.41, 5.74) is 0. The molecule has 0 aromatic carbocycles. The van der Waals surface area contributed by atoms with Crippen LogP contribution in [0, 0.1) is 0 Å². The van der Waals surface area contributed by atoms with E-state index >= 15 is 0 Å². The van der Waals surface area contributed by atoms with Gasteiger partial charge in [0, 0.05) is 13.1 Å². The molecule has 64 valence electrons. The highest BCUT2D eigenvalue weighted by Crippen LogP contribution is 1.75. The summed E-state index contributed by atoms with van der Waals surface area (Å²) in [6.07, 6.45) is 0. The van der Waals surface area contributed by atoms with Crippen molar-refractivity contribution in [2.45, 2.75) is 20.8 Å². The molecule has 0 heterocycles. The minimum absolute atomic E-state index is 1.09. The Morgan fingerprint density at radius 3 is 2.10 bits per heavy atom. The third-order valence-electron chi connectivity index (χ3n) is 1.28. The van der Waals surface area contributed by atoms with Gasteiger partial charge >= 0.3 is 0 Å². The third kappa shape index (κ3) is 10.8. The quantitative estimate of drug-likeness (QED) is 0.641. The molecule has 1 N–H and O–H groups in total. The lowest BCUT2D eigenvalue weighted by Gasteiger charge is -2.11. The van der Waals surface area contributed by atoms with E-state index < -0.39 is 0 Å². The molecular weight excluding hydrogens is 124 g/mol. The van der Waals surface area contributed by atoms with Gasteiger partial charge in [-0.05, 0) is 20.6 Å². The summed E-state index contributed by atoms with van der Waals surface area (Å²) in [7, 11) is 4.10. The topological polar surface area (TPSA) is 15.3 Å². The number of nitrogens with zero attached hydrogens (tertiary/aromatic N) is 1. The fraction of sp³-hybridized carbons (Fsp3) is 1.00. The van der Waals surface area contributed by atoms with Gasteiger partial charge in [-0.2, -0.15) is 0 Å². The van der Waals surface area contributed by atoms with Crippen LogP contribution in [0.4, 0.5) is 0 Å². The number of nitrogens with one attached hydrogen (secondary N) is 1. The molecule has 0 aliphatic carbocycles. The van der Waals surface area contributed by atoms with Crippen LogP contribution in [-0.4, -0.2) is 38.6 Å². The Bertz CT molecular complexity index is 46.5. The van der Waals surface area contributed by atoms with Crippen LogP contribution in [0.1, 0.15) is 20.8 Å². The second-order valence-corrected chi connectivity index (χ2v) is 2.00. The monoisotopic (exact) mass is 146 g/mol. The average molecular weight is 146 g/mol. The van der Waals surface area contributed by atoms with Crippen LogP contribution in [-0.2, 0) is 0 Å². The molecule has 0 rings (SSSR count). The van der Waals surface area contributed by atoms with Crippen LogP contribution >= 0.6 is 0 Å². The van der Waals surface area contributed by atoms with E-state index in [2.05, 4.69) is 24.2 Å². The normalized spacial score (nSPS) is 9.00. The number of rotatable bonds is 4. The smallest absolute Gasteiger partial charge is 0.0104 e. The molecule has 0 aromatic rings. The van der Waals surface area contributed by atoms with Gasteiger partial charge in [-0.3, -0.25) is 0 Å². The maximum atomic E-state index is 3.09. The maximum Gasteiger partial charge on any atom is 0.0104 e. The first-order valence-corrected chi connectivity index (χ1v) is 4.14. The van der Waals surface area contributed by atoms with Crippen LogP contribution in [0.5, 0.6) is 0 Å². The summed E-state index contributed by atoms with van der Waals surface area (Å²) >= 11 is 0. The molecule has 0 spiro atoms. The van der Waals surface area contributed by atoms with Gasteiger partial charge in [-0.15, -0.1) is 0 Å². The Kier molecular flexibility index (Phi) is 14.7. The van der Waals surface area contributed by atoms with Crippen LogP contribution in [0.2, 0.25) is 0 Å². The SMILES string of the molecule is CC.CCN(C)CCNC. The standard InChI is InChI=1S/C6H16N2.C2H6/c1-4-8(3)6-5-7-2;1-2/h7H,4-6H2,1-3H3;1-2H3. The van der Waals surface area contributed by atoms with Gasteiger partial charge in [-0.1, -0.05) is 20.8 Å². The molecule has 0 amide bonds. The summed E-state index contributed by atoms with van der Waals surface area (Å²) < 4.78 is 0. The summed E-state index contributed by atoms with van der Waals surface area (Å²) in [5.74, 6) is 0. The Labute approximate surface area is 65.6 Å². The molecule has 0 bridgehead atoms. The van der Waals surface area contributed by atoms with Crippen molar-refractivity contribution in [2.24, 2.45) is 0 Å². The van der Waals surface area contributed by atoms with E-state index in [1.54, 1.807) is 0 Å². The lowest BCUT2D eigenvalue weighted by molar-refractivity contribution is 0.354. The summed E-state index contributed by atoms with van der Waals surface area (Å²) in [6, 6.07) is 0. The molecule has 2 heteroatoms. The zero-order valence-electron chi connectivity index (χ0n) is 8.07. The molecule has 0 unspecified atom stereocenters. The molecule has 0 aromatic heterocycles. The molecule has 2 nitrogen and oxygen atoms in total. The van der Waals surface area contributed by atoms with Crippen molar-refractivity contribution >= 4 is 0 Å². The van der Waals surface area contributed by atoms with Gasteiger partial charge in [0.25, 0.3) is 0 Å². The Morgan fingerprint density at radius 1 is 1.30 bits per heavy atom. The zero-order valence-corrected chi connectivity index (χ0v) is 8.07. The minimum Gasteiger partial charge on any atom is -0.318 e. The van der Waals surface area contributed by atoms with Crippen molar-refractivity contribution in [3.05, 3.63) is 0 Å². The maximum absolute atomic E-state index is 3.09. The van der Waals surface area contributed by atoms with E-state index in [0.717, 1.165) is 19.6 Å². The number of hydrogen-bond donors (Lipinski definition) is 1. The van der Waals surface area contributed by atoms with E-state index in [1.165, 1.54) is 0 Å². The molecular formula is C8H22N2. The first-order chi connectivity index (χ1) is 4.81. The molecule has 10 heavy (non-hydrogen) atoms. The van der Waals surface area contributed by atoms with E-state index in [1.807, 2.05) is 20.9 Å². The predicted octanol–water partition coefficient (Wildman–Crippen LogP) is 1.18. The van der Waals surface area contributed by atoms with E-state index in [0.29, 0.717) is 0 Å². The lowest BCUT2D eigenvalue weighted by Crippen LogP contribution is -2.26. The van der Waals surface area contributed by atoms with Crippen LogP contribution in [0.3, 0.4) is 0 Å². The van der Waals surface area contributed by atoms with Crippen LogP contribution < -0.4 is 5.32 Å². The molecule has 0 aliphatic rings. The second kappa shape index (κ2) is 11.7. The fourth-order valence-electron chi connectivity index (χ4n) is 0.461. The van der Waals surface area contributed by atoms with E-state index in [-0.39, 0.29) is 0 Å². The first kappa shape index (κ1) is 12.6. The highest BCUT2D eigenvalue weighted by atomic mass is 15.1. The number of hydrogen-bond acceptors (Lipinski definition) is 2. The van der Waals surface area contributed by atoms with E-state index in [4.69, 9.17) is 0 Å². The molecule has 0 saturated carbocycles. The van der Waals surface area contributed by atoms with Crippen molar-refractivity contribution in [2.75, 3.05) is 33.7 Å². The molecule has 0 atom stereocenters. The van der Waals surface area contributed by atoms with Gasteiger partial charge in [0.2, 0.25) is 0 Å². The van der Waals surface area contributed by atoms with Crippen molar-refractivity contribution < 1.29 is 0 Å². The van der Waals surface area contributed by atoms with Crippen molar-refractivity contribution in [1.82, 2.24) is 10.2 Å². The van der Waals surface area contributed by atoms with Gasteiger partial charge in [0.1, 0.15) is 0 Å². The highest BCUT2D eigenvalue weighted by molar-refractivity contribution is 4.47. The largest absolute Gasteiger partial charge is 0.318 e. The lowest BCUT2D eigenvalue weighted by atomic mass is 10.5. The molecule has 0 aliphatic heterocycles. The Morgan fingerprint density at radius 2 is 1.80 bits per heavy atom. The van der Waals surface area contributed by atoms with Gasteiger partial charge in [-0.25, -0.2) is 0 Å². The Balaban J connectivity index is 0. The first-order valence-electron chi connectivity index (χ1n) is 4.14. The highest BCUT2D eigenvalue weighted by Gasteiger charge is 1.88. The van der Waals surface area contributed by atoms with E-state index in [9.17, 15) is 0 Å². The minimum atomic E-state index is 1.09. The second-order valence-electron chi connectivity index (χ2n) is 2.00. The van der Waals surface area contributed by atoms with Crippen LogP contribution in [0.15, 0.2) is 0 Å². The fourth-order valence-corrected chi connectivity index (χ4v) is 0.461. The molecule has 0 radical (unpaired) electrons.